The van der Waals surface area contributed by atoms with E-state index in [1.54, 1.807) is 0 Å². The van der Waals surface area contributed by atoms with Crippen LogP contribution in [-0.4, -0.2) is 16.1 Å². The van der Waals surface area contributed by atoms with Crippen LogP contribution in [0.1, 0.15) is 28.9 Å². The lowest BCUT2D eigenvalue weighted by Gasteiger charge is -2.10. The summed E-state index contributed by atoms with van der Waals surface area (Å²) in [6, 6.07) is 11.0. The maximum Gasteiger partial charge on any atom is 0.123 e. The number of nitrogens with zero attached hydrogens (tertiary/aromatic N) is 2. The minimum atomic E-state index is -0.209. The maximum absolute atomic E-state index is 13.1. The van der Waals surface area contributed by atoms with Gasteiger partial charge in [-0.3, -0.25) is 0 Å². The summed E-state index contributed by atoms with van der Waals surface area (Å²) < 4.78 is 15.4. The molecule has 2 aromatic carbocycles. The third-order valence-electron chi connectivity index (χ3n) is 4.30. The average molecular weight is 311 g/mol. The minimum absolute atomic E-state index is 0.209. The summed E-state index contributed by atoms with van der Waals surface area (Å²) in [5.41, 5.74) is 11.4. The zero-order valence-corrected chi connectivity index (χ0v) is 13.6. The van der Waals surface area contributed by atoms with Gasteiger partial charge >= 0.3 is 0 Å². The third kappa shape index (κ3) is 3.27. The van der Waals surface area contributed by atoms with Gasteiger partial charge in [0.2, 0.25) is 0 Å². The summed E-state index contributed by atoms with van der Waals surface area (Å²) >= 11 is 0. The number of rotatable bonds is 5. The van der Waals surface area contributed by atoms with Crippen molar-refractivity contribution >= 4 is 11.0 Å². The summed E-state index contributed by atoms with van der Waals surface area (Å²) in [6.07, 6.45) is 1.76. The van der Waals surface area contributed by atoms with Gasteiger partial charge in [-0.15, -0.1) is 0 Å². The predicted molar refractivity (Wildman–Crippen MR) is 92.1 cm³/mol. The Kier molecular flexibility index (Phi) is 4.44. The molecule has 23 heavy (non-hydrogen) atoms. The van der Waals surface area contributed by atoms with Gasteiger partial charge in [-0.2, -0.15) is 0 Å². The van der Waals surface area contributed by atoms with Crippen LogP contribution in [0.4, 0.5) is 4.39 Å². The third-order valence-corrected chi connectivity index (χ3v) is 4.30. The number of hydrogen-bond acceptors (Lipinski definition) is 2. The second kappa shape index (κ2) is 6.50. The number of benzene rings is 2. The lowest BCUT2D eigenvalue weighted by molar-refractivity contribution is 0.626. The average Bonchev–Trinajstić information content (AvgIpc) is 2.85. The number of aryl methyl sites for hydroxylation is 3. The molecule has 0 aliphatic rings. The van der Waals surface area contributed by atoms with Crippen LogP contribution in [0.15, 0.2) is 36.4 Å². The first-order chi connectivity index (χ1) is 11.1. The molecule has 2 N–H and O–H groups in total. The summed E-state index contributed by atoms with van der Waals surface area (Å²) in [7, 11) is 0. The fourth-order valence-electron chi connectivity index (χ4n) is 2.83. The van der Waals surface area contributed by atoms with Crippen LogP contribution in [-0.2, 0) is 13.0 Å². The van der Waals surface area contributed by atoms with Crippen LogP contribution in [0, 0.1) is 19.7 Å². The topological polar surface area (TPSA) is 43.8 Å². The smallest absolute Gasteiger partial charge is 0.123 e. The highest BCUT2D eigenvalue weighted by atomic mass is 19.1. The van der Waals surface area contributed by atoms with Crippen molar-refractivity contribution < 1.29 is 4.39 Å². The molecule has 0 bridgehead atoms. The van der Waals surface area contributed by atoms with Gasteiger partial charge in [-0.05, 0) is 67.8 Å². The van der Waals surface area contributed by atoms with Gasteiger partial charge in [0.25, 0.3) is 0 Å². The molecule has 1 aromatic heterocycles. The van der Waals surface area contributed by atoms with E-state index in [-0.39, 0.29) is 5.82 Å². The summed E-state index contributed by atoms with van der Waals surface area (Å²) in [5.74, 6) is 0.832. The molecule has 3 rings (SSSR count). The molecule has 0 spiro atoms. The Labute approximate surface area is 136 Å². The number of halogens is 1. The first-order valence-corrected chi connectivity index (χ1v) is 7.99. The Morgan fingerprint density at radius 3 is 2.48 bits per heavy atom. The van der Waals surface area contributed by atoms with Crippen LogP contribution in [0.5, 0.6) is 0 Å². The number of aromatic nitrogens is 2. The second-order valence-corrected chi connectivity index (χ2v) is 6.06. The maximum atomic E-state index is 13.1. The number of hydrogen-bond donors (Lipinski definition) is 1. The van der Waals surface area contributed by atoms with E-state index in [1.807, 2.05) is 12.1 Å². The zero-order valence-electron chi connectivity index (χ0n) is 13.6. The molecule has 0 saturated carbocycles. The standard InChI is InChI=1S/C19H22FN3/c1-13-10-17-18(11-14(13)2)23(19(22-17)4-3-9-21)12-15-5-7-16(20)8-6-15/h5-8,10-11H,3-4,9,12,21H2,1-2H3. The molecule has 1 heterocycles. The molecule has 3 aromatic rings. The molecule has 0 amide bonds. The van der Waals surface area contributed by atoms with Gasteiger partial charge in [-0.1, -0.05) is 12.1 Å². The van der Waals surface area contributed by atoms with Crippen LogP contribution >= 0.6 is 0 Å². The van der Waals surface area contributed by atoms with E-state index in [9.17, 15) is 4.39 Å². The highest BCUT2D eigenvalue weighted by Crippen LogP contribution is 2.23. The van der Waals surface area contributed by atoms with Crippen LogP contribution in [0.2, 0.25) is 0 Å². The van der Waals surface area contributed by atoms with Crippen LogP contribution < -0.4 is 5.73 Å². The van der Waals surface area contributed by atoms with Crippen molar-refractivity contribution in [1.82, 2.24) is 9.55 Å². The lowest BCUT2D eigenvalue weighted by Crippen LogP contribution is -2.08. The molecule has 0 radical (unpaired) electrons. The minimum Gasteiger partial charge on any atom is -0.330 e. The van der Waals surface area contributed by atoms with Crippen molar-refractivity contribution in [1.29, 1.82) is 0 Å². The van der Waals surface area contributed by atoms with Crippen molar-refractivity contribution in [2.75, 3.05) is 6.54 Å². The zero-order chi connectivity index (χ0) is 16.4. The van der Waals surface area contributed by atoms with Crippen LogP contribution in [0.25, 0.3) is 11.0 Å². The van der Waals surface area contributed by atoms with Gasteiger partial charge in [-0.25, -0.2) is 9.37 Å². The van der Waals surface area contributed by atoms with Gasteiger partial charge < -0.3 is 10.3 Å². The molecule has 0 aliphatic carbocycles. The van der Waals surface area contributed by atoms with Crippen molar-refractivity contribution in [2.24, 2.45) is 5.73 Å². The normalized spacial score (nSPS) is 11.3. The quantitative estimate of drug-likeness (QED) is 0.780. The molecule has 0 fully saturated rings. The SMILES string of the molecule is Cc1cc2nc(CCCN)n(Cc3ccc(F)cc3)c2cc1C. The largest absolute Gasteiger partial charge is 0.330 e. The Bertz CT molecular complexity index is 819. The van der Waals surface area contributed by atoms with E-state index >= 15 is 0 Å². The monoisotopic (exact) mass is 311 g/mol. The van der Waals surface area contributed by atoms with Crippen molar-refractivity contribution in [3.8, 4) is 0 Å². The van der Waals surface area contributed by atoms with Gasteiger partial charge in [0.05, 0.1) is 11.0 Å². The van der Waals surface area contributed by atoms with Crippen LogP contribution in [0.3, 0.4) is 0 Å². The van der Waals surface area contributed by atoms with Gasteiger partial charge in [0.15, 0.2) is 0 Å². The molecule has 3 nitrogen and oxygen atoms in total. The molecule has 4 heteroatoms. The molecule has 0 aliphatic heterocycles. The predicted octanol–water partition coefficient (Wildman–Crippen LogP) is 3.73. The molecule has 0 saturated heterocycles. The molecule has 0 atom stereocenters. The number of imidazole rings is 1. The fraction of sp³-hybridized carbons (Fsp3) is 0.316. The van der Waals surface area contributed by atoms with E-state index in [0.717, 1.165) is 35.3 Å². The first kappa shape index (κ1) is 15.7. The summed E-state index contributed by atoms with van der Waals surface area (Å²) in [4.78, 5) is 4.80. The summed E-state index contributed by atoms with van der Waals surface area (Å²) in [5, 5.41) is 0. The fourth-order valence-corrected chi connectivity index (χ4v) is 2.83. The first-order valence-electron chi connectivity index (χ1n) is 7.99. The number of nitrogens with two attached hydrogens (primary N) is 1. The molecular weight excluding hydrogens is 289 g/mol. The molecular formula is C19H22FN3. The van der Waals surface area contributed by atoms with Crippen molar-refractivity contribution in [2.45, 2.75) is 33.2 Å². The van der Waals surface area contributed by atoms with Crippen molar-refractivity contribution in [3.63, 3.8) is 0 Å². The second-order valence-electron chi connectivity index (χ2n) is 6.06. The van der Waals surface area contributed by atoms with Crippen molar-refractivity contribution in [3.05, 3.63) is 64.7 Å². The Hall–Kier alpha value is -2.20. The molecule has 120 valence electrons. The van der Waals surface area contributed by atoms with E-state index < -0.39 is 0 Å². The number of fused-ring (bicyclic) bond motifs is 1. The lowest BCUT2D eigenvalue weighted by atomic mass is 10.1. The van der Waals surface area contributed by atoms with E-state index in [4.69, 9.17) is 10.7 Å². The molecule has 0 unspecified atom stereocenters. The van der Waals surface area contributed by atoms with E-state index in [0.29, 0.717) is 13.1 Å². The highest BCUT2D eigenvalue weighted by molar-refractivity contribution is 5.78. The van der Waals surface area contributed by atoms with E-state index in [2.05, 4.69) is 30.5 Å². The Balaban J connectivity index is 2.07. The van der Waals surface area contributed by atoms with E-state index in [1.165, 1.54) is 23.3 Å². The Morgan fingerprint density at radius 2 is 1.78 bits per heavy atom. The van der Waals surface area contributed by atoms with Gasteiger partial charge in [0.1, 0.15) is 11.6 Å². The summed E-state index contributed by atoms with van der Waals surface area (Å²) in [6.45, 7) is 5.56. The Morgan fingerprint density at radius 1 is 1.09 bits per heavy atom. The van der Waals surface area contributed by atoms with Gasteiger partial charge in [0, 0.05) is 13.0 Å². The highest BCUT2D eigenvalue weighted by Gasteiger charge is 2.12.